The molecule has 0 unspecified atom stereocenters. The number of benzene rings is 1. The molecule has 7 nitrogen and oxygen atoms in total. The molecular weight excluding hydrogens is 322 g/mol. The Bertz CT molecular complexity index is 908. The summed E-state index contributed by atoms with van der Waals surface area (Å²) in [5, 5.41) is 2.86. The lowest BCUT2D eigenvalue weighted by Crippen LogP contribution is -2.15. The van der Waals surface area contributed by atoms with E-state index in [9.17, 15) is 4.79 Å². The summed E-state index contributed by atoms with van der Waals surface area (Å²) in [6, 6.07) is 8.94. The number of carbonyl (C=O) groups excluding carboxylic acids is 1. The number of amides is 1. The van der Waals surface area contributed by atoms with Crippen LogP contribution in [0.5, 0.6) is 17.2 Å². The van der Waals surface area contributed by atoms with Crippen LogP contribution in [0.15, 0.2) is 36.5 Å². The maximum atomic E-state index is 12.8. The van der Waals surface area contributed by atoms with Gasteiger partial charge in [0.1, 0.15) is 11.3 Å². The first-order valence-electron chi connectivity index (χ1n) is 7.64. The lowest BCUT2D eigenvalue weighted by molar-refractivity contribution is 0.102. The molecule has 7 heteroatoms. The number of nitrogens with zero attached hydrogens (tertiary/aromatic N) is 2. The van der Waals surface area contributed by atoms with Gasteiger partial charge in [-0.05, 0) is 19.1 Å². The molecule has 2 heterocycles. The van der Waals surface area contributed by atoms with Gasteiger partial charge in [-0.2, -0.15) is 0 Å². The number of aryl methyl sites for hydroxylation is 1. The van der Waals surface area contributed by atoms with E-state index >= 15 is 0 Å². The second kappa shape index (κ2) is 6.72. The van der Waals surface area contributed by atoms with Crippen molar-refractivity contribution in [3.63, 3.8) is 0 Å². The van der Waals surface area contributed by atoms with Crippen LogP contribution in [0, 0.1) is 6.92 Å². The van der Waals surface area contributed by atoms with Crippen molar-refractivity contribution in [2.45, 2.75) is 6.92 Å². The van der Waals surface area contributed by atoms with Crippen molar-refractivity contribution in [2.24, 2.45) is 0 Å². The molecule has 25 heavy (non-hydrogen) atoms. The lowest BCUT2D eigenvalue weighted by Gasteiger charge is -2.14. The fourth-order valence-corrected chi connectivity index (χ4v) is 2.73. The highest BCUT2D eigenvalue weighted by atomic mass is 16.5. The Labute approximate surface area is 145 Å². The van der Waals surface area contributed by atoms with E-state index < -0.39 is 0 Å². The Hall–Kier alpha value is -3.22. The molecular formula is C18H19N3O4. The van der Waals surface area contributed by atoms with Crippen LogP contribution in [0.25, 0.3) is 5.65 Å². The Morgan fingerprint density at radius 1 is 1.08 bits per heavy atom. The Kier molecular flexibility index (Phi) is 4.47. The maximum Gasteiger partial charge on any atom is 0.274 e. The minimum atomic E-state index is -0.273. The molecule has 0 bridgehead atoms. The van der Waals surface area contributed by atoms with E-state index in [1.807, 2.05) is 18.2 Å². The van der Waals surface area contributed by atoms with Crippen molar-refractivity contribution in [3.8, 4) is 17.2 Å². The molecule has 0 atom stereocenters. The summed E-state index contributed by atoms with van der Waals surface area (Å²) in [6.07, 6.45) is 1.80. The zero-order valence-electron chi connectivity index (χ0n) is 14.5. The number of rotatable bonds is 5. The van der Waals surface area contributed by atoms with E-state index in [2.05, 4.69) is 10.3 Å². The van der Waals surface area contributed by atoms with E-state index in [1.165, 1.54) is 21.3 Å². The number of fused-ring (bicyclic) bond motifs is 1. The van der Waals surface area contributed by atoms with Crippen molar-refractivity contribution >= 4 is 17.2 Å². The third-order valence-corrected chi connectivity index (χ3v) is 3.84. The molecule has 130 valence electrons. The number of pyridine rings is 1. The molecule has 1 aromatic carbocycles. The van der Waals surface area contributed by atoms with Gasteiger partial charge < -0.3 is 19.5 Å². The minimum absolute atomic E-state index is 0.273. The molecule has 0 radical (unpaired) electrons. The first kappa shape index (κ1) is 16.6. The number of nitrogens with one attached hydrogen (secondary N) is 1. The number of aromatic nitrogens is 2. The average Bonchev–Trinajstić information content (AvgIpc) is 2.96. The highest BCUT2D eigenvalue weighted by Crippen LogP contribution is 2.40. The molecule has 1 N–H and O–H groups in total. The van der Waals surface area contributed by atoms with Crippen LogP contribution >= 0.6 is 0 Å². The van der Waals surface area contributed by atoms with E-state index in [0.29, 0.717) is 34.3 Å². The van der Waals surface area contributed by atoms with E-state index in [4.69, 9.17) is 14.2 Å². The first-order valence-corrected chi connectivity index (χ1v) is 7.64. The lowest BCUT2D eigenvalue weighted by atomic mass is 10.2. The van der Waals surface area contributed by atoms with Gasteiger partial charge in [0.05, 0.1) is 27.0 Å². The zero-order valence-corrected chi connectivity index (χ0v) is 14.5. The quantitative estimate of drug-likeness (QED) is 0.772. The summed E-state index contributed by atoms with van der Waals surface area (Å²) >= 11 is 0. The molecule has 0 fully saturated rings. The molecule has 3 rings (SSSR count). The molecule has 3 aromatic rings. The van der Waals surface area contributed by atoms with Crippen LogP contribution in [0.2, 0.25) is 0 Å². The van der Waals surface area contributed by atoms with E-state index in [0.717, 1.165) is 5.65 Å². The number of imidazole rings is 1. The number of ether oxygens (including phenoxy) is 3. The topological polar surface area (TPSA) is 74.1 Å². The SMILES string of the molecule is COc1cc(NC(=O)c2c(C)nc3ccccn23)cc(OC)c1OC. The van der Waals surface area contributed by atoms with E-state index in [-0.39, 0.29) is 5.91 Å². The average molecular weight is 341 g/mol. The summed E-state index contributed by atoms with van der Waals surface area (Å²) in [4.78, 5) is 17.2. The number of hydrogen-bond donors (Lipinski definition) is 1. The largest absolute Gasteiger partial charge is 0.493 e. The molecule has 0 saturated heterocycles. The number of methoxy groups -OCH3 is 3. The highest BCUT2D eigenvalue weighted by molar-refractivity contribution is 6.04. The normalized spacial score (nSPS) is 10.6. The fraction of sp³-hybridized carbons (Fsp3) is 0.222. The standard InChI is InChI=1S/C18H19N3O4/c1-11-16(21-8-6-5-7-15(21)19-11)18(22)20-12-9-13(23-2)17(25-4)14(10-12)24-3/h5-10H,1-4H3,(H,20,22). The zero-order chi connectivity index (χ0) is 18.0. The minimum Gasteiger partial charge on any atom is -0.493 e. The van der Waals surface area contributed by atoms with Crippen molar-refractivity contribution in [3.05, 3.63) is 47.9 Å². The predicted molar refractivity (Wildman–Crippen MR) is 94.0 cm³/mol. The third kappa shape index (κ3) is 2.96. The smallest absolute Gasteiger partial charge is 0.274 e. The van der Waals surface area contributed by atoms with Crippen molar-refractivity contribution in [2.75, 3.05) is 26.6 Å². The summed E-state index contributed by atoms with van der Waals surface area (Å²) < 4.78 is 17.7. The molecule has 1 amide bonds. The third-order valence-electron chi connectivity index (χ3n) is 3.84. The first-order chi connectivity index (χ1) is 12.1. The molecule has 2 aromatic heterocycles. The van der Waals surface area contributed by atoms with Gasteiger partial charge in [0.25, 0.3) is 5.91 Å². The van der Waals surface area contributed by atoms with Gasteiger partial charge in [-0.15, -0.1) is 0 Å². The van der Waals surface area contributed by atoms with Crippen LogP contribution in [-0.4, -0.2) is 36.6 Å². The fourth-order valence-electron chi connectivity index (χ4n) is 2.73. The Balaban J connectivity index is 1.99. The van der Waals surface area contributed by atoms with Gasteiger partial charge >= 0.3 is 0 Å². The summed E-state index contributed by atoms with van der Waals surface area (Å²) in [6.45, 7) is 1.80. The molecule has 0 spiro atoms. The molecule has 0 aliphatic heterocycles. The van der Waals surface area contributed by atoms with Gasteiger partial charge in [-0.25, -0.2) is 4.98 Å². The number of carbonyl (C=O) groups is 1. The molecule has 0 saturated carbocycles. The van der Waals surface area contributed by atoms with Gasteiger partial charge in [0, 0.05) is 24.0 Å². The number of anilines is 1. The maximum absolute atomic E-state index is 12.8. The van der Waals surface area contributed by atoms with Gasteiger partial charge in [0.15, 0.2) is 11.5 Å². The molecule has 0 aliphatic carbocycles. The van der Waals surface area contributed by atoms with Gasteiger partial charge in [-0.3, -0.25) is 9.20 Å². The Morgan fingerprint density at radius 2 is 1.76 bits per heavy atom. The summed E-state index contributed by atoms with van der Waals surface area (Å²) in [5.74, 6) is 1.12. The Morgan fingerprint density at radius 3 is 2.36 bits per heavy atom. The second-order valence-corrected chi connectivity index (χ2v) is 5.34. The van der Waals surface area contributed by atoms with Crippen molar-refractivity contribution < 1.29 is 19.0 Å². The van der Waals surface area contributed by atoms with Gasteiger partial charge in [0.2, 0.25) is 5.75 Å². The summed E-state index contributed by atoms with van der Waals surface area (Å²) in [7, 11) is 4.58. The van der Waals surface area contributed by atoms with Crippen molar-refractivity contribution in [1.82, 2.24) is 9.38 Å². The van der Waals surface area contributed by atoms with Crippen molar-refractivity contribution in [1.29, 1.82) is 0 Å². The van der Waals surface area contributed by atoms with Crippen LogP contribution in [0.4, 0.5) is 5.69 Å². The van der Waals surface area contributed by atoms with Gasteiger partial charge in [-0.1, -0.05) is 6.07 Å². The van der Waals surface area contributed by atoms with Crippen LogP contribution < -0.4 is 19.5 Å². The van der Waals surface area contributed by atoms with Crippen LogP contribution in [0.1, 0.15) is 16.2 Å². The van der Waals surface area contributed by atoms with Crippen LogP contribution in [-0.2, 0) is 0 Å². The van der Waals surface area contributed by atoms with Crippen LogP contribution in [0.3, 0.4) is 0 Å². The highest BCUT2D eigenvalue weighted by Gasteiger charge is 2.19. The monoisotopic (exact) mass is 341 g/mol. The summed E-state index contributed by atoms with van der Waals surface area (Å²) in [5.41, 5.74) is 2.38. The number of hydrogen-bond acceptors (Lipinski definition) is 5. The predicted octanol–water partition coefficient (Wildman–Crippen LogP) is 2.92. The second-order valence-electron chi connectivity index (χ2n) is 5.34. The van der Waals surface area contributed by atoms with E-state index in [1.54, 1.807) is 29.7 Å². The molecule has 0 aliphatic rings.